The van der Waals surface area contributed by atoms with E-state index in [1.165, 1.54) is 6.07 Å². The van der Waals surface area contributed by atoms with E-state index in [9.17, 15) is 9.18 Å². The Hall–Kier alpha value is -0.350. The number of thioether (sulfide) groups is 1. The van der Waals surface area contributed by atoms with Gasteiger partial charge in [0.15, 0.2) is 0 Å². The third kappa shape index (κ3) is 4.66. The normalized spacial score (nSPS) is 10.8. The molecular formula is C12H14BrFOS. The molecular weight excluding hydrogens is 291 g/mol. The zero-order chi connectivity index (χ0) is 12.1. The SMILES string of the molecule is CC(C)SCC(=O)Cc1ccc(Br)cc1F. The highest BCUT2D eigenvalue weighted by Crippen LogP contribution is 2.17. The molecule has 0 amide bonds. The van der Waals surface area contributed by atoms with E-state index < -0.39 is 0 Å². The van der Waals surface area contributed by atoms with Gasteiger partial charge in [-0.15, -0.1) is 0 Å². The summed E-state index contributed by atoms with van der Waals surface area (Å²) in [6.07, 6.45) is 0.179. The lowest BCUT2D eigenvalue weighted by Gasteiger charge is -2.05. The number of ketones is 1. The number of Topliss-reactive ketones (excluding diaryl/α,β-unsaturated/α-hetero) is 1. The Balaban J connectivity index is 2.56. The van der Waals surface area contributed by atoms with Crippen LogP contribution in [-0.2, 0) is 11.2 Å². The molecule has 1 rings (SSSR count). The molecule has 88 valence electrons. The van der Waals surface area contributed by atoms with Crippen LogP contribution in [0.25, 0.3) is 0 Å². The Morgan fingerprint density at radius 1 is 1.50 bits per heavy atom. The van der Waals surface area contributed by atoms with E-state index in [0.29, 0.717) is 21.0 Å². The fourth-order valence-corrected chi connectivity index (χ4v) is 2.14. The molecule has 0 aromatic heterocycles. The maximum absolute atomic E-state index is 13.4. The molecule has 0 heterocycles. The molecule has 0 bridgehead atoms. The van der Waals surface area contributed by atoms with Crippen LogP contribution < -0.4 is 0 Å². The van der Waals surface area contributed by atoms with E-state index in [1.54, 1.807) is 23.9 Å². The molecule has 0 aliphatic carbocycles. The average molecular weight is 305 g/mol. The number of hydrogen-bond donors (Lipinski definition) is 0. The molecule has 0 radical (unpaired) electrons. The molecule has 0 N–H and O–H groups in total. The highest BCUT2D eigenvalue weighted by Gasteiger charge is 2.09. The van der Waals surface area contributed by atoms with Crippen LogP contribution in [0.3, 0.4) is 0 Å². The number of benzene rings is 1. The molecule has 1 aromatic carbocycles. The predicted molar refractivity (Wildman–Crippen MR) is 70.4 cm³/mol. The van der Waals surface area contributed by atoms with Crippen molar-refractivity contribution in [1.29, 1.82) is 0 Å². The molecule has 0 aliphatic heterocycles. The van der Waals surface area contributed by atoms with Gasteiger partial charge in [-0.2, -0.15) is 11.8 Å². The summed E-state index contributed by atoms with van der Waals surface area (Å²) in [7, 11) is 0. The third-order valence-electron chi connectivity index (χ3n) is 1.98. The standard InChI is InChI=1S/C12H14BrFOS/c1-8(2)16-7-11(15)5-9-3-4-10(13)6-12(9)14/h3-4,6,8H,5,7H2,1-2H3. The lowest BCUT2D eigenvalue weighted by Crippen LogP contribution is -2.08. The Labute approximate surface area is 108 Å². The van der Waals surface area contributed by atoms with Gasteiger partial charge in [0.05, 0.1) is 5.75 Å². The number of carbonyl (C=O) groups is 1. The van der Waals surface area contributed by atoms with Crippen LogP contribution in [0.1, 0.15) is 19.4 Å². The van der Waals surface area contributed by atoms with Gasteiger partial charge in [0, 0.05) is 10.9 Å². The first-order valence-electron chi connectivity index (χ1n) is 5.06. The van der Waals surface area contributed by atoms with Crippen LogP contribution >= 0.6 is 27.7 Å². The van der Waals surface area contributed by atoms with Gasteiger partial charge < -0.3 is 0 Å². The van der Waals surface area contributed by atoms with Crippen LogP contribution in [0.2, 0.25) is 0 Å². The molecule has 0 atom stereocenters. The fourth-order valence-electron chi connectivity index (χ4n) is 1.19. The molecule has 0 fully saturated rings. The predicted octanol–water partition coefficient (Wildman–Crippen LogP) is 3.84. The van der Waals surface area contributed by atoms with Crippen molar-refractivity contribution >= 4 is 33.5 Å². The summed E-state index contributed by atoms with van der Waals surface area (Å²) in [5.74, 6) is 0.199. The highest BCUT2D eigenvalue weighted by atomic mass is 79.9. The minimum atomic E-state index is -0.322. The highest BCUT2D eigenvalue weighted by molar-refractivity contribution is 9.10. The Morgan fingerprint density at radius 2 is 2.19 bits per heavy atom. The zero-order valence-corrected chi connectivity index (χ0v) is 11.7. The van der Waals surface area contributed by atoms with E-state index in [-0.39, 0.29) is 18.0 Å². The van der Waals surface area contributed by atoms with E-state index >= 15 is 0 Å². The molecule has 1 nitrogen and oxygen atoms in total. The second kappa shape index (κ2) is 6.40. The minimum Gasteiger partial charge on any atom is -0.298 e. The number of hydrogen-bond acceptors (Lipinski definition) is 2. The van der Waals surface area contributed by atoms with Gasteiger partial charge in [-0.05, 0) is 22.9 Å². The lowest BCUT2D eigenvalue weighted by atomic mass is 10.1. The first kappa shape index (κ1) is 13.7. The van der Waals surface area contributed by atoms with Crippen LogP contribution in [0, 0.1) is 5.82 Å². The summed E-state index contributed by atoms with van der Waals surface area (Å²) in [4.78, 5) is 11.6. The fraction of sp³-hybridized carbons (Fsp3) is 0.417. The maximum atomic E-state index is 13.4. The topological polar surface area (TPSA) is 17.1 Å². The average Bonchev–Trinajstić information content (AvgIpc) is 2.19. The molecule has 0 spiro atoms. The third-order valence-corrected chi connectivity index (χ3v) is 3.63. The monoisotopic (exact) mass is 304 g/mol. The molecule has 0 saturated heterocycles. The van der Waals surface area contributed by atoms with Crippen molar-refractivity contribution in [3.8, 4) is 0 Å². The molecule has 1 aromatic rings. The second-order valence-corrected chi connectivity index (χ2v) is 6.29. The van der Waals surface area contributed by atoms with Crippen LogP contribution in [0.4, 0.5) is 4.39 Å². The lowest BCUT2D eigenvalue weighted by molar-refractivity contribution is -0.116. The molecule has 4 heteroatoms. The van der Waals surface area contributed by atoms with Crippen molar-refractivity contribution in [3.63, 3.8) is 0 Å². The van der Waals surface area contributed by atoms with E-state index in [4.69, 9.17) is 0 Å². The van der Waals surface area contributed by atoms with Gasteiger partial charge in [0.1, 0.15) is 11.6 Å². The maximum Gasteiger partial charge on any atom is 0.147 e. The molecule has 0 unspecified atom stereocenters. The van der Waals surface area contributed by atoms with E-state index in [2.05, 4.69) is 15.9 Å². The van der Waals surface area contributed by atoms with Gasteiger partial charge in [0.25, 0.3) is 0 Å². The zero-order valence-electron chi connectivity index (χ0n) is 9.30. The van der Waals surface area contributed by atoms with Crippen molar-refractivity contribution in [2.24, 2.45) is 0 Å². The summed E-state index contributed by atoms with van der Waals surface area (Å²) < 4.78 is 14.1. The molecule has 0 aliphatic rings. The minimum absolute atomic E-state index is 0.0694. The number of halogens is 2. The second-order valence-electron chi connectivity index (χ2n) is 3.81. The molecule has 16 heavy (non-hydrogen) atoms. The largest absolute Gasteiger partial charge is 0.298 e. The molecule has 0 saturated carbocycles. The van der Waals surface area contributed by atoms with Gasteiger partial charge >= 0.3 is 0 Å². The van der Waals surface area contributed by atoms with E-state index in [1.807, 2.05) is 13.8 Å². The van der Waals surface area contributed by atoms with Gasteiger partial charge in [-0.25, -0.2) is 4.39 Å². The first-order chi connectivity index (χ1) is 7.49. The van der Waals surface area contributed by atoms with Crippen molar-refractivity contribution in [3.05, 3.63) is 34.1 Å². The van der Waals surface area contributed by atoms with Gasteiger partial charge in [0.2, 0.25) is 0 Å². The van der Waals surface area contributed by atoms with Crippen LogP contribution in [0.5, 0.6) is 0 Å². The number of carbonyl (C=O) groups excluding carboxylic acids is 1. The summed E-state index contributed by atoms with van der Waals surface area (Å²) in [5.41, 5.74) is 0.470. The Kier molecular flexibility index (Phi) is 5.49. The summed E-state index contributed by atoms with van der Waals surface area (Å²) in [6.45, 7) is 4.08. The number of rotatable bonds is 5. The smallest absolute Gasteiger partial charge is 0.147 e. The summed E-state index contributed by atoms with van der Waals surface area (Å²) in [6, 6.07) is 4.79. The quantitative estimate of drug-likeness (QED) is 0.822. The van der Waals surface area contributed by atoms with E-state index in [0.717, 1.165) is 0 Å². The van der Waals surface area contributed by atoms with Crippen molar-refractivity contribution in [2.45, 2.75) is 25.5 Å². The Bertz CT molecular complexity index is 379. The first-order valence-corrected chi connectivity index (χ1v) is 6.90. The van der Waals surface area contributed by atoms with Crippen molar-refractivity contribution < 1.29 is 9.18 Å². The van der Waals surface area contributed by atoms with Gasteiger partial charge in [-0.1, -0.05) is 35.8 Å². The van der Waals surface area contributed by atoms with Crippen molar-refractivity contribution in [1.82, 2.24) is 0 Å². The summed E-state index contributed by atoms with van der Waals surface area (Å²) >= 11 is 4.77. The van der Waals surface area contributed by atoms with Gasteiger partial charge in [-0.3, -0.25) is 4.79 Å². The summed E-state index contributed by atoms with van der Waals surface area (Å²) in [5, 5.41) is 0.429. The van der Waals surface area contributed by atoms with Crippen molar-refractivity contribution in [2.75, 3.05) is 5.75 Å². The van der Waals surface area contributed by atoms with Crippen LogP contribution in [-0.4, -0.2) is 16.8 Å². The van der Waals surface area contributed by atoms with Crippen LogP contribution in [0.15, 0.2) is 22.7 Å². The Morgan fingerprint density at radius 3 is 2.75 bits per heavy atom.